The Kier molecular flexibility index (Phi) is 1.75. The molecule has 1 aromatic rings. The second kappa shape index (κ2) is 2.77. The van der Waals surface area contributed by atoms with E-state index in [2.05, 4.69) is 5.10 Å². The van der Waals surface area contributed by atoms with Crippen molar-refractivity contribution in [2.75, 3.05) is 7.11 Å². The second-order valence-electron chi connectivity index (χ2n) is 3.13. The largest absolute Gasteiger partial charge is 0.479 e. The molecule has 0 atom stereocenters. The van der Waals surface area contributed by atoms with Crippen LogP contribution in [0.1, 0.15) is 12.8 Å². The minimum absolute atomic E-state index is 0.252. The van der Waals surface area contributed by atoms with Gasteiger partial charge in [0.25, 0.3) is 0 Å². The maximum Gasteiger partial charge on any atom is 0.248 e. The maximum atomic E-state index is 12.9. The number of rotatable bonds is 3. The van der Waals surface area contributed by atoms with Gasteiger partial charge < -0.3 is 4.74 Å². The van der Waals surface area contributed by atoms with E-state index in [1.54, 1.807) is 4.68 Å². The average molecular weight is 170 g/mol. The molecule has 0 radical (unpaired) electrons. The summed E-state index contributed by atoms with van der Waals surface area (Å²) in [6, 6.07) is 0. The fourth-order valence-electron chi connectivity index (χ4n) is 1.23. The molecule has 0 unspecified atom stereocenters. The standard InChI is InChI=1S/C8H11FN2O/c1-12-8-7(9)4-10-11(8)5-6-2-3-6/h4,6H,2-3,5H2,1H3. The normalized spacial score (nSPS) is 16.5. The molecular formula is C8H11FN2O. The van der Waals surface area contributed by atoms with Crippen LogP contribution >= 0.6 is 0 Å². The number of hydrogen-bond acceptors (Lipinski definition) is 2. The zero-order chi connectivity index (χ0) is 8.55. The van der Waals surface area contributed by atoms with E-state index in [-0.39, 0.29) is 11.7 Å². The van der Waals surface area contributed by atoms with Gasteiger partial charge in [0.15, 0.2) is 0 Å². The molecule has 1 aliphatic rings. The highest BCUT2D eigenvalue weighted by Gasteiger charge is 2.24. The van der Waals surface area contributed by atoms with Crippen molar-refractivity contribution < 1.29 is 9.13 Å². The van der Waals surface area contributed by atoms with Gasteiger partial charge in [0, 0.05) is 6.54 Å². The Hall–Kier alpha value is -1.06. The van der Waals surface area contributed by atoms with Gasteiger partial charge in [-0.2, -0.15) is 9.49 Å². The molecule has 66 valence electrons. The molecule has 12 heavy (non-hydrogen) atoms. The zero-order valence-corrected chi connectivity index (χ0v) is 6.96. The molecule has 1 aromatic heterocycles. The summed E-state index contributed by atoms with van der Waals surface area (Å²) in [6.45, 7) is 0.785. The molecule has 1 heterocycles. The molecule has 0 saturated heterocycles. The maximum absolute atomic E-state index is 12.9. The van der Waals surface area contributed by atoms with Gasteiger partial charge in [-0.05, 0) is 18.8 Å². The van der Waals surface area contributed by atoms with Crippen molar-refractivity contribution in [1.82, 2.24) is 9.78 Å². The number of nitrogens with zero attached hydrogens (tertiary/aromatic N) is 2. The van der Waals surface area contributed by atoms with E-state index in [4.69, 9.17) is 4.74 Å². The van der Waals surface area contributed by atoms with Crippen LogP contribution in [0.4, 0.5) is 4.39 Å². The minimum Gasteiger partial charge on any atom is -0.479 e. The number of ether oxygens (including phenoxy) is 1. The van der Waals surface area contributed by atoms with E-state index in [1.807, 2.05) is 0 Å². The van der Waals surface area contributed by atoms with Crippen molar-refractivity contribution in [3.63, 3.8) is 0 Å². The zero-order valence-electron chi connectivity index (χ0n) is 6.96. The Labute approximate surface area is 70.1 Å². The molecule has 1 aliphatic carbocycles. The average Bonchev–Trinajstić information content (AvgIpc) is 2.78. The summed E-state index contributed by atoms with van der Waals surface area (Å²) in [4.78, 5) is 0. The highest BCUT2D eigenvalue weighted by atomic mass is 19.1. The van der Waals surface area contributed by atoms with Crippen molar-refractivity contribution in [2.24, 2.45) is 5.92 Å². The summed E-state index contributed by atoms with van der Waals surface area (Å²) in [5.74, 6) is 0.554. The van der Waals surface area contributed by atoms with Crippen LogP contribution < -0.4 is 4.74 Å². The monoisotopic (exact) mass is 170 g/mol. The number of halogens is 1. The third kappa shape index (κ3) is 1.29. The molecule has 0 N–H and O–H groups in total. The number of aromatic nitrogens is 2. The molecule has 1 saturated carbocycles. The van der Waals surface area contributed by atoms with Gasteiger partial charge in [-0.3, -0.25) is 0 Å². The molecule has 0 amide bonds. The number of methoxy groups -OCH3 is 1. The van der Waals surface area contributed by atoms with Crippen molar-refractivity contribution in [3.8, 4) is 5.88 Å². The van der Waals surface area contributed by atoms with Crippen LogP contribution in [0.25, 0.3) is 0 Å². The second-order valence-corrected chi connectivity index (χ2v) is 3.13. The lowest BCUT2D eigenvalue weighted by Gasteiger charge is -2.03. The predicted octanol–water partition coefficient (Wildman–Crippen LogP) is 1.44. The van der Waals surface area contributed by atoms with Crippen molar-refractivity contribution in [2.45, 2.75) is 19.4 Å². The molecule has 2 rings (SSSR count). The van der Waals surface area contributed by atoms with E-state index in [0.717, 1.165) is 6.54 Å². The van der Waals surface area contributed by atoms with Gasteiger partial charge in [0.1, 0.15) is 0 Å². The molecule has 0 bridgehead atoms. The Morgan fingerprint density at radius 1 is 1.75 bits per heavy atom. The molecule has 4 heteroatoms. The summed E-state index contributed by atoms with van der Waals surface area (Å²) < 4.78 is 19.3. The fraction of sp³-hybridized carbons (Fsp3) is 0.625. The van der Waals surface area contributed by atoms with Crippen LogP contribution in [-0.4, -0.2) is 16.9 Å². The minimum atomic E-state index is -0.377. The van der Waals surface area contributed by atoms with Crippen LogP contribution in [0.3, 0.4) is 0 Å². The third-order valence-corrected chi connectivity index (χ3v) is 2.07. The topological polar surface area (TPSA) is 27.1 Å². The van der Waals surface area contributed by atoms with E-state index in [9.17, 15) is 4.39 Å². The van der Waals surface area contributed by atoms with E-state index >= 15 is 0 Å². The first kappa shape index (κ1) is 7.58. The van der Waals surface area contributed by atoms with Gasteiger partial charge in [0.05, 0.1) is 13.3 Å². The molecule has 1 fully saturated rings. The van der Waals surface area contributed by atoms with Crippen molar-refractivity contribution in [1.29, 1.82) is 0 Å². The Morgan fingerprint density at radius 3 is 3.08 bits per heavy atom. The first-order valence-electron chi connectivity index (χ1n) is 4.06. The first-order chi connectivity index (χ1) is 5.81. The number of hydrogen-bond donors (Lipinski definition) is 0. The summed E-state index contributed by atoms with van der Waals surface area (Å²) in [6.07, 6.45) is 3.65. The smallest absolute Gasteiger partial charge is 0.248 e. The van der Waals surface area contributed by atoms with Crippen LogP contribution in [0, 0.1) is 11.7 Å². The van der Waals surface area contributed by atoms with E-state index in [0.29, 0.717) is 5.92 Å². The van der Waals surface area contributed by atoms with E-state index in [1.165, 1.54) is 26.1 Å². The molecule has 0 aromatic carbocycles. The van der Waals surface area contributed by atoms with Gasteiger partial charge in [-0.25, -0.2) is 4.68 Å². The molecule has 0 spiro atoms. The summed E-state index contributed by atoms with van der Waals surface area (Å²) >= 11 is 0. The highest BCUT2D eigenvalue weighted by molar-refractivity contribution is 5.11. The van der Waals surface area contributed by atoms with Crippen molar-refractivity contribution in [3.05, 3.63) is 12.0 Å². The summed E-state index contributed by atoms with van der Waals surface area (Å²) in [7, 11) is 1.46. The van der Waals surface area contributed by atoms with Crippen molar-refractivity contribution >= 4 is 0 Å². The van der Waals surface area contributed by atoms with Gasteiger partial charge >= 0.3 is 0 Å². The van der Waals surface area contributed by atoms with Crippen LogP contribution in [0.2, 0.25) is 0 Å². The van der Waals surface area contributed by atoms with Gasteiger partial charge in [0.2, 0.25) is 11.7 Å². The molecular weight excluding hydrogens is 159 g/mol. The van der Waals surface area contributed by atoms with Gasteiger partial charge in [-0.1, -0.05) is 0 Å². The molecule has 3 nitrogen and oxygen atoms in total. The SMILES string of the molecule is COc1c(F)cnn1CC1CC1. The molecule has 0 aliphatic heterocycles. The first-order valence-corrected chi connectivity index (χ1v) is 4.06. The van der Waals surface area contributed by atoms with E-state index < -0.39 is 0 Å². The lowest BCUT2D eigenvalue weighted by Crippen LogP contribution is -2.04. The summed E-state index contributed by atoms with van der Waals surface area (Å²) in [5, 5.41) is 3.88. The quantitative estimate of drug-likeness (QED) is 0.686. The lowest BCUT2D eigenvalue weighted by molar-refractivity contribution is 0.335. The Morgan fingerprint density at radius 2 is 2.50 bits per heavy atom. The van der Waals surface area contributed by atoms with Gasteiger partial charge in [-0.15, -0.1) is 0 Å². The lowest BCUT2D eigenvalue weighted by atomic mass is 10.4. The highest BCUT2D eigenvalue weighted by Crippen LogP contribution is 2.32. The predicted molar refractivity (Wildman–Crippen MR) is 41.5 cm³/mol. The Balaban J connectivity index is 2.16. The fourth-order valence-corrected chi connectivity index (χ4v) is 1.23. The third-order valence-electron chi connectivity index (χ3n) is 2.07. The summed E-state index contributed by atoms with van der Waals surface area (Å²) in [5.41, 5.74) is 0. The van der Waals surface area contributed by atoms with Crippen LogP contribution in [-0.2, 0) is 6.54 Å². The Bertz CT molecular complexity index is 281. The van der Waals surface area contributed by atoms with Crippen LogP contribution in [0.5, 0.6) is 5.88 Å². The van der Waals surface area contributed by atoms with Crippen LogP contribution in [0.15, 0.2) is 6.20 Å².